The third kappa shape index (κ3) is 3.50. The topological polar surface area (TPSA) is 72.6 Å². The van der Waals surface area contributed by atoms with Gasteiger partial charge in [-0.1, -0.05) is 13.8 Å². The third-order valence-electron chi connectivity index (χ3n) is 3.02. The van der Waals surface area contributed by atoms with Gasteiger partial charge in [0, 0.05) is 20.5 Å². The van der Waals surface area contributed by atoms with Crippen LogP contribution < -0.4 is 10.6 Å². The van der Waals surface area contributed by atoms with E-state index in [1.54, 1.807) is 0 Å². The molecule has 0 saturated carbocycles. The van der Waals surface area contributed by atoms with Gasteiger partial charge in [-0.25, -0.2) is 4.79 Å². The first-order valence-electron chi connectivity index (χ1n) is 6.52. The third-order valence-corrected chi connectivity index (χ3v) is 4.45. The van der Waals surface area contributed by atoms with Crippen LogP contribution in [0.3, 0.4) is 0 Å². The van der Waals surface area contributed by atoms with Gasteiger partial charge in [-0.2, -0.15) is 0 Å². The van der Waals surface area contributed by atoms with E-state index in [4.69, 9.17) is 10.5 Å². The van der Waals surface area contributed by atoms with Gasteiger partial charge < -0.3 is 15.4 Å². The minimum absolute atomic E-state index is 0.138. The van der Waals surface area contributed by atoms with Crippen LogP contribution in [0.15, 0.2) is 0 Å². The van der Waals surface area contributed by atoms with Crippen LogP contribution in [-0.4, -0.2) is 32.5 Å². The number of Topliss-reactive ketones (excluding diaryl/α,β-unsaturated/α-hetero) is 1. The number of hydrogen-bond acceptors (Lipinski definition) is 6. The lowest BCUT2D eigenvalue weighted by molar-refractivity contribution is 0.0603. The van der Waals surface area contributed by atoms with E-state index >= 15 is 0 Å². The van der Waals surface area contributed by atoms with Crippen molar-refractivity contribution in [2.24, 2.45) is 5.92 Å². The van der Waals surface area contributed by atoms with Gasteiger partial charge in [0.1, 0.15) is 10.6 Å². The standard InChI is InChI=1S/C14H22N2O3S/c1-8(2)6-7-16(4)13-10(14(18)19-5)11(15)12(20-13)9(3)17/h8H,6-7,15H2,1-5H3. The van der Waals surface area contributed by atoms with E-state index in [-0.39, 0.29) is 11.5 Å². The number of hydrogen-bond donors (Lipinski definition) is 1. The molecule has 0 aromatic carbocycles. The van der Waals surface area contributed by atoms with Crippen LogP contribution in [0.25, 0.3) is 0 Å². The highest BCUT2D eigenvalue weighted by Gasteiger charge is 2.26. The predicted octanol–water partition coefficient (Wildman–Crippen LogP) is 2.80. The van der Waals surface area contributed by atoms with Gasteiger partial charge >= 0.3 is 5.97 Å². The minimum Gasteiger partial charge on any atom is -0.465 e. The molecule has 6 heteroatoms. The summed E-state index contributed by atoms with van der Waals surface area (Å²) in [7, 11) is 3.20. The molecule has 0 saturated heterocycles. The number of thiophene rings is 1. The Kier molecular flexibility index (Phi) is 5.56. The number of nitrogens with zero attached hydrogens (tertiary/aromatic N) is 1. The molecular weight excluding hydrogens is 276 g/mol. The molecule has 0 radical (unpaired) electrons. The highest BCUT2D eigenvalue weighted by atomic mass is 32.1. The number of anilines is 2. The molecule has 0 fully saturated rings. The summed E-state index contributed by atoms with van der Waals surface area (Å²) in [6.07, 6.45) is 0.990. The zero-order chi connectivity index (χ0) is 15.4. The number of rotatable bonds is 6. The van der Waals surface area contributed by atoms with Gasteiger partial charge in [-0.15, -0.1) is 11.3 Å². The van der Waals surface area contributed by atoms with Crippen LogP contribution in [0.2, 0.25) is 0 Å². The van der Waals surface area contributed by atoms with E-state index < -0.39 is 5.97 Å². The summed E-state index contributed by atoms with van der Waals surface area (Å²) in [5.74, 6) is -0.0811. The van der Waals surface area contributed by atoms with Gasteiger partial charge in [0.25, 0.3) is 0 Å². The normalized spacial score (nSPS) is 10.7. The van der Waals surface area contributed by atoms with Crippen molar-refractivity contribution >= 4 is 33.8 Å². The molecule has 5 nitrogen and oxygen atoms in total. The Balaban J connectivity index is 3.19. The van der Waals surface area contributed by atoms with Gasteiger partial charge in [-0.05, 0) is 12.3 Å². The number of esters is 1. The van der Waals surface area contributed by atoms with E-state index in [0.29, 0.717) is 21.4 Å². The van der Waals surface area contributed by atoms with Crippen molar-refractivity contribution in [2.75, 3.05) is 31.3 Å². The Labute approximate surface area is 123 Å². The molecule has 0 aliphatic rings. The maximum absolute atomic E-state index is 11.9. The van der Waals surface area contributed by atoms with Gasteiger partial charge in [0.05, 0.1) is 17.7 Å². The van der Waals surface area contributed by atoms with E-state index in [9.17, 15) is 9.59 Å². The quantitative estimate of drug-likeness (QED) is 0.646. The van der Waals surface area contributed by atoms with Crippen molar-refractivity contribution in [1.29, 1.82) is 0 Å². The lowest BCUT2D eigenvalue weighted by atomic mass is 10.1. The molecule has 112 valence electrons. The molecule has 1 rings (SSSR count). The molecule has 0 aliphatic carbocycles. The monoisotopic (exact) mass is 298 g/mol. The first kappa shape index (κ1) is 16.5. The summed E-state index contributed by atoms with van der Waals surface area (Å²) in [6.45, 7) is 6.51. The molecule has 20 heavy (non-hydrogen) atoms. The maximum Gasteiger partial charge on any atom is 0.343 e. The van der Waals surface area contributed by atoms with Crippen molar-refractivity contribution in [3.63, 3.8) is 0 Å². The molecule has 0 unspecified atom stereocenters. The first-order valence-corrected chi connectivity index (χ1v) is 7.33. The van der Waals surface area contributed by atoms with Crippen LogP contribution in [0, 0.1) is 5.92 Å². The van der Waals surface area contributed by atoms with Crippen LogP contribution >= 0.6 is 11.3 Å². The fourth-order valence-corrected chi connectivity index (χ4v) is 2.91. The summed E-state index contributed by atoms with van der Waals surface area (Å²) in [6, 6.07) is 0. The average Bonchev–Trinajstić information content (AvgIpc) is 2.72. The van der Waals surface area contributed by atoms with E-state index in [0.717, 1.165) is 13.0 Å². The molecule has 0 atom stereocenters. The smallest absolute Gasteiger partial charge is 0.343 e. The van der Waals surface area contributed by atoms with Crippen LogP contribution in [-0.2, 0) is 4.74 Å². The summed E-state index contributed by atoms with van der Waals surface area (Å²) in [5, 5.41) is 0.695. The number of ketones is 1. The molecule has 0 amide bonds. The SMILES string of the molecule is COC(=O)c1c(N(C)CCC(C)C)sc(C(C)=O)c1N. The van der Waals surface area contributed by atoms with E-state index in [1.807, 2.05) is 11.9 Å². The average molecular weight is 298 g/mol. The molecule has 1 aromatic heterocycles. The number of ether oxygens (including phenoxy) is 1. The van der Waals surface area contributed by atoms with Crippen molar-refractivity contribution in [3.8, 4) is 0 Å². The van der Waals surface area contributed by atoms with E-state index in [2.05, 4.69) is 13.8 Å². The Morgan fingerprint density at radius 1 is 1.40 bits per heavy atom. The van der Waals surface area contributed by atoms with Crippen LogP contribution in [0.4, 0.5) is 10.7 Å². The molecule has 0 spiro atoms. The Bertz CT molecular complexity index is 509. The van der Waals surface area contributed by atoms with Gasteiger partial charge in [0.2, 0.25) is 0 Å². The largest absolute Gasteiger partial charge is 0.465 e. The zero-order valence-electron chi connectivity index (χ0n) is 12.6. The van der Waals surface area contributed by atoms with Crippen molar-refractivity contribution in [2.45, 2.75) is 27.2 Å². The highest BCUT2D eigenvalue weighted by Crippen LogP contribution is 2.38. The number of nitrogens with two attached hydrogens (primary N) is 1. The van der Waals surface area contributed by atoms with Crippen molar-refractivity contribution in [1.82, 2.24) is 0 Å². The van der Waals surface area contributed by atoms with Crippen molar-refractivity contribution < 1.29 is 14.3 Å². The second-order valence-corrected chi connectivity index (χ2v) is 6.18. The summed E-state index contributed by atoms with van der Waals surface area (Å²) < 4.78 is 4.78. The predicted molar refractivity (Wildman–Crippen MR) is 82.8 cm³/mol. The van der Waals surface area contributed by atoms with Crippen LogP contribution in [0.1, 0.15) is 47.2 Å². The molecule has 0 bridgehead atoms. The highest BCUT2D eigenvalue weighted by molar-refractivity contribution is 7.19. The Morgan fingerprint density at radius 2 is 2.00 bits per heavy atom. The van der Waals surface area contributed by atoms with E-state index in [1.165, 1.54) is 25.4 Å². The van der Waals surface area contributed by atoms with Gasteiger partial charge in [-0.3, -0.25) is 4.79 Å². The summed E-state index contributed by atoms with van der Waals surface area (Å²) in [5.41, 5.74) is 6.46. The molecular formula is C14H22N2O3S. The molecule has 0 aliphatic heterocycles. The number of methoxy groups -OCH3 is 1. The minimum atomic E-state index is -0.502. The first-order chi connectivity index (χ1) is 9.29. The maximum atomic E-state index is 11.9. The zero-order valence-corrected chi connectivity index (χ0v) is 13.5. The number of carbonyl (C=O) groups is 2. The molecule has 1 heterocycles. The Morgan fingerprint density at radius 3 is 2.45 bits per heavy atom. The lowest BCUT2D eigenvalue weighted by Crippen LogP contribution is -2.21. The fraction of sp³-hybridized carbons (Fsp3) is 0.571. The van der Waals surface area contributed by atoms with Crippen LogP contribution in [0.5, 0.6) is 0 Å². The second kappa shape index (κ2) is 6.74. The molecule has 1 aromatic rings. The number of carbonyl (C=O) groups excluding carboxylic acids is 2. The van der Waals surface area contributed by atoms with Gasteiger partial charge in [0.15, 0.2) is 5.78 Å². The summed E-state index contributed by atoms with van der Waals surface area (Å²) >= 11 is 1.25. The fourth-order valence-electron chi connectivity index (χ4n) is 1.81. The Hall–Kier alpha value is -1.56. The lowest BCUT2D eigenvalue weighted by Gasteiger charge is -2.19. The second-order valence-electron chi connectivity index (χ2n) is 5.18. The number of nitrogen functional groups attached to an aromatic ring is 1. The van der Waals surface area contributed by atoms with Crippen molar-refractivity contribution in [3.05, 3.63) is 10.4 Å². The molecule has 2 N–H and O–H groups in total. The summed E-state index contributed by atoms with van der Waals surface area (Å²) in [4.78, 5) is 25.9.